The number of rotatable bonds is 3. The molecule has 88 valence electrons. The van der Waals surface area contributed by atoms with Gasteiger partial charge in [-0.2, -0.15) is 0 Å². The van der Waals surface area contributed by atoms with Gasteiger partial charge >= 0.3 is 0 Å². The van der Waals surface area contributed by atoms with E-state index >= 15 is 0 Å². The van der Waals surface area contributed by atoms with Gasteiger partial charge in [0, 0.05) is 5.16 Å². The Bertz CT molecular complexity index is 480. The van der Waals surface area contributed by atoms with Crippen LogP contribution in [-0.4, -0.2) is 0 Å². The first-order valence-electron chi connectivity index (χ1n) is 5.98. The molecule has 0 bridgehead atoms. The van der Waals surface area contributed by atoms with Crippen molar-refractivity contribution in [3.63, 3.8) is 0 Å². The number of benzene rings is 2. The second kappa shape index (κ2) is 5.02. The van der Waals surface area contributed by atoms with E-state index in [1.165, 1.54) is 16.7 Å². The number of hydrogen-bond donors (Lipinski definition) is 0. The maximum Gasteiger partial charge on any atom is 0.00441 e. The highest BCUT2D eigenvalue weighted by molar-refractivity contribution is 7.18. The van der Waals surface area contributed by atoms with Crippen molar-refractivity contribution < 1.29 is 0 Å². The zero-order valence-electron chi connectivity index (χ0n) is 10.5. The van der Waals surface area contributed by atoms with Gasteiger partial charge in [0.2, 0.25) is 0 Å². The molecule has 0 radical (unpaired) electrons. The van der Waals surface area contributed by atoms with Crippen molar-refractivity contribution in [3.05, 3.63) is 71.3 Å². The molecule has 0 N–H and O–H groups in total. The molecule has 0 saturated carbocycles. The van der Waals surface area contributed by atoms with E-state index < -0.39 is 0 Å². The molecular formula is C16H19P. The minimum atomic E-state index is 0.130. The SMILES string of the molecule is CC(C)(P)c1ccccc1Cc1ccccc1. The van der Waals surface area contributed by atoms with Crippen molar-refractivity contribution in [1.29, 1.82) is 0 Å². The molecule has 0 aliphatic rings. The van der Waals surface area contributed by atoms with Crippen LogP contribution >= 0.6 is 9.24 Å². The summed E-state index contributed by atoms with van der Waals surface area (Å²) in [7, 11) is 2.93. The van der Waals surface area contributed by atoms with Gasteiger partial charge in [0.05, 0.1) is 0 Å². The molecule has 1 heteroatoms. The van der Waals surface area contributed by atoms with E-state index in [2.05, 4.69) is 77.7 Å². The molecule has 0 saturated heterocycles. The maximum absolute atomic E-state index is 2.93. The second-order valence-corrected chi connectivity index (χ2v) is 6.48. The van der Waals surface area contributed by atoms with E-state index in [-0.39, 0.29) is 5.16 Å². The Morgan fingerprint density at radius 3 is 2.12 bits per heavy atom. The van der Waals surface area contributed by atoms with E-state index in [1.54, 1.807) is 0 Å². The molecule has 2 rings (SSSR count). The van der Waals surface area contributed by atoms with Crippen molar-refractivity contribution in [3.8, 4) is 0 Å². The Balaban J connectivity index is 2.34. The van der Waals surface area contributed by atoms with Gasteiger partial charge in [-0.25, -0.2) is 0 Å². The lowest BCUT2D eigenvalue weighted by Gasteiger charge is -2.22. The van der Waals surface area contributed by atoms with E-state index in [4.69, 9.17) is 0 Å². The molecule has 0 fully saturated rings. The number of hydrogen-bond acceptors (Lipinski definition) is 0. The first-order chi connectivity index (χ1) is 8.07. The first kappa shape index (κ1) is 12.3. The Labute approximate surface area is 106 Å². The van der Waals surface area contributed by atoms with Crippen LogP contribution in [0.2, 0.25) is 0 Å². The Kier molecular flexibility index (Phi) is 3.64. The summed E-state index contributed by atoms with van der Waals surface area (Å²) in [6, 6.07) is 19.3. The molecule has 2 aromatic rings. The molecule has 1 unspecified atom stereocenters. The predicted molar refractivity (Wildman–Crippen MR) is 78.4 cm³/mol. The molecule has 0 heterocycles. The van der Waals surface area contributed by atoms with Gasteiger partial charge < -0.3 is 0 Å². The molecule has 2 aromatic carbocycles. The fraction of sp³-hybridized carbons (Fsp3) is 0.250. The van der Waals surface area contributed by atoms with Gasteiger partial charge in [-0.15, -0.1) is 9.24 Å². The summed E-state index contributed by atoms with van der Waals surface area (Å²) in [5.74, 6) is 0. The van der Waals surface area contributed by atoms with Gasteiger partial charge in [0.1, 0.15) is 0 Å². The van der Waals surface area contributed by atoms with E-state index in [0.717, 1.165) is 6.42 Å². The highest BCUT2D eigenvalue weighted by atomic mass is 31.0. The van der Waals surface area contributed by atoms with Crippen molar-refractivity contribution in [2.75, 3.05) is 0 Å². The van der Waals surface area contributed by atoms with Crippen LogP contribution in [-0.2, 0) is 11.6 Å². The monoisotopic (exact) mass is 242 g/mol. The molecule has 0 aliphatic carbocycles. The third kappa shape index (κ3) is 3.17. The normalized spacial score (nSPS) is 11.5. The van der Waals surface area contributed by atoms with Crippen LogP contribution in [0.3, 0.4) is 0 Å². The molecule has 0 aliphatic heterocycles. The Morgan fingerprint density at radius 1 is 0.882 bits per heavy atom. The van der Waals surface area contributed by atoms with Crippen LogP contribution in [0.4, 0.5) is 0 Å². The largest absolute Gasteiger partial charge is 0.127 e. The van der Waals surface area contributed by atoms with Crippen LogP contribution < -0.4 is 0 Å². The van der Waals surface area contributed by atoms with Gasteiger partial charge in [0.25, 0.3) is 0 Å². The summed E-state index contributed by atoms with van der Waals surface area (Å²) >= 11 is 0. The summed E-state index contributed by atoms with van der Waals surface area (Å²) in [6.07, 6.45) is 1.01. The summed E-state index contributed by atoms with van der Waals surface area (Å²) in [6.45, 7) is 4.48. The molecule has 1 atom stereocenters. The van der Waals surface area contributed by atoms with Gasteiger partial charge in [-0.3, -0.25) is 0 Å². The van der Waals surface area contributed by atoms with E-state index in [0.29, 0.717) is 0 Å². The first-order valence-corrected chi connectivity index (χ1v) is 6.56. The quantitative estimate of drug-likeness (QED) is 0.700. The standard InChI is InChI=1S/C16H19P/c1-16(2,17)15-11-7-6-10-14(15)12-13-8-4-3-5-9-13/h3-11H,12,17H2,1-2H3. The minimum absolute atomic E-state index is 0.130. The lowest BCUT2D eigenvalue weighted by Crippen LogP contribution is -2.10. The summed E-state index contributed by atoms with van der Waals surface area (Å²) in [5.41, 5.74) is 4.20. The van der Waals surface area contributed by atoms with Gasteiger partial charge in [-0.1, -0.05) is 68.4 Å². The van der Waals surface area contributed by atoms with E-state index in [1.807, 2.05) is 0 Å². The summed E-state index contributed by atoms with van der Waals surface area (Å²) in [4.78, 5) is 0. The van der Waals surface area contributed by atoms with Crippen LogP contribution in [0, 0.1) is 0 Å². The van der Waals surface area contributed by atoms with Crippen molar-refractivity contribution in [2.24, 2.45) is 0 Å². The zero-order valence-corrected chi connectivity index (χ0v) is 11.6. The average molecular weight is 242 g/mol. The predicted octanol–water partition coefficient (Wildman–Crippen LogP) is 4.39. The molecule has 0 aromatic heterocycles. The van der Waals surface area contributed by atoms with Crippen molar-refractivity contribution in [1.82, 2.24) is 0 Å². The van der Waals surface area contributed by atoms with Crippen molar-refractivity contribution >= 4 is 9.24 Å². The topological polar surface area (TPSA) is 0 Å². The maximum atomic E-state index is 2.93. The highest BCUT2D eigenvalue weighted by Crippen LogP contribution is 2.33. The van der Waals surface area contributed by atoms with Crippen LogP contribution in [0.15, 0.2) is 54.6 Å². The lowest BCUT2D eigenvalue weighted by molar-refractivity contribution is 0.770. The molecule has 17 heavy (non-hydrogen) atoms. The fourth-order valence-corrected chi connectivity index (χ4v) is 2.40. The highest BCUT2D eigenvalue weighted by Gasteiger charge is 2.17. The third-order valence-electron chi connectivity index (χ3n) is 2.95. The smallest absolute Gasteiger partial charge is 0.00441 e. The third-order valence-corrected chi connectivity index (χ3v) is 3.26. The lowest BCUT2D eigenvalue weighted by atomic mass is 9.92. The zero-order chi connectivity index (χ0) is 12.3. The van der Waals surface area contributed by atoms with E-state index in [9.17, 15) is 0 Å². The molecular weight excluding hydrogens is 223 g/mol. The fourth-order valence-electron chi connectivity index (χ4n) is 2.12. The van der Waals surface area contributed by atoms with Crippen LogP contribution in [0.25, 0.3) is 0 Å². The summed E-state index contributed by atoms with van der Waals surface area (Å²) in [5, 5.41) is 0.130. The van der Waals surface area contributed by atoms with Crippen LogP contribution in [0.1, 0.15) is 30.5 Å². The van der Waals surface area contributed by atoms with Gasteiger partial charge in [0.15, 0.2) is 0 Å². The second-order valence-electron chi connectivity index (χ2n) is 5.04. The minimum Gasteiger partial charge on any atom is -0.127 e. The van der Waals surface area contributed by atoms with Crippen molar-refractivity contribution in [2.45, 2.75) is 25.4 Å². The average Bonchev–Trinajstić information content (AvgIpc) is 2.30. The molecule has 0 amide bonds. The van der Waals surface area contributed by atoms with Gasteiger partial charge in [-0.05, 0) is 23.1 Å². The Morgan fingerprint density at radius 2 is 1.47 bits per heavy atom. The van der Waals surface area contributed by atoms with Crippen LogP contribution in [0.5, 0.6) is 0 Å². The molecule has 0 nitrogen and oxygen atoms in total. The Hall–Kier alpha value is -1.13. The molecule has 0 spiro atoms. The summed E-state index contributed by atoms with van der Waals surface area (Å²) < 4.78 is 0.